The van der Waals surface area contributed by atoms with Crippen molar-refractivity contribution in [3.8, 4) is 16.9 Å². The van der Waals surface area contributed by atoms with Gasteiger partial charge in [-0.25, -0.2) is 19.7 Å². The number of rotatable bonds is 6. The maximum atomic E-state index is 12.9. The van der Waals surface area contributed by atoms with E-state index in [2.05, 4.69) is 14.9 Å². The van der Waals surface area contributed by atoms with Crippen LogP contribution in [0.3, 0.4) is 0 Å². The quantitative estimate of drug-likeness (QED) is 0.468. The van der Waals surface area contributed by atoms with Gasteiger partial charge in [-0.05, 0) is 58.4 Å². The average Bonchev–Trinajstić information content (AvgIpc) is 3.35. The summed E-state index contributed by atoms with van der Waals surface area (Å²) < 4.78 is 5.88. The molecule has 0 spiro atoms. The molecule has 1 aromatic carbocycles. The number of carbonyl (C=O) groups excluding carboxylic acids is 2. The Morgan fingerprint density at radius 3 is 2.50 bits per heavy atom. The summed E-state index contributed by atoms with van der Waals surface area (Å²) in [7, 11) is 1.96. The molecular weight excluding hydrogens is 506 g/mol. The Hall–Kier alpha value is -3.51. The van der Waals surface area contributed by atoms with E-state index in [9.17, 15) is 14.7 Å². The summed E-state index contributed by atoms with van der Waals surface area (Å²) in [6, 6.07) is 3.47. The van der Waals surface area contributed by atoms with Crippen LogP contribution in [0.1, 0.15) is 33.6 Å². The predicted octanol–water partition coefficient (Wildman–Crippen LogP) is 3.74. The fourth-order valence-corrected chi connectivity index (χ4v) is 5.82. The number of anilines is 2. The normalized spacial score (nSPS) is 18.3. The molecule has 4 heterocycles. The molecule has 0 radical (unpaired) electrons. The van der Waals surface area contributed by atoms with Crippen molar-refractivity contribution >= 4 is 44.6 Å². The highest BCUT2D eigenvalue weighted by molar-refractivity contribution is 7.22. The molecule has 12 heteroatoms. The Labute approximate surface area is 225 Å². The van der Waals surface area contributed by atoms with Crippen LogP contribution in [-0.2, 0) is 9.53 Å². The number of carbonyl (C=O) groups is 2. The summed E-state index contributed by atoms with van der Waals surface area (Å²) in [5.74, 6) is 0.564. The smallest absolute Gasteiger partial charge is 0.328 e. The number of aromatic nitrogens is 3. The Morgan fingerprint density at radius 2 is 1.84 bits per heavy atom. The first-order valence-corrected chi connectivity index (χ1v) is 13.7. The second kappa shape index (κ2) is 10.3. The number of phenols is 1. The number of aromatic hydroxyl groups is 1. The molecule has 3 aromatic rings. The summed E-state index contributed by atoms with van der Waals surface area (Å²) in [4.78, 5) is 46.5. The number of hydrogen-bond donors (Lipinski definition) is 1. The van der Waals surface area contributed by atoms with E-state index >= 15 is 0 Å². The predicted molar refractivity (Wildman–Crippen MR) is 146 cm³/mol. The first-order chi connectivity index (χ1) is 18.2. The molecule has 2 aliphatic rings. The van der Waals surface area contributed by atoms with Gasteiger partial charge in [-0.15, -0.1) is 0 Å². The van der Waals surface area contributed by atoms with Crippen molar-refractivity contribution in [3.05, 3.63) is 24.5 Å². The molecule has 0 aliphatic carbocycles. The Balaban J connectivity index is 1.34. The molecule has 202 valence electrons. The van der Waals surface area contributed by atoms with E-state index in [1.165, 1.54) is 11.3 Å². The van der Waals surface area contributed by atoms with Crippen molar-refractivity contribution in [1.29, 1.82) is 0 Å². The molecule has 2 aromatic heterocycles. The van der Waals surface area contributed by atoms with Crippen LogP contribution in [0.4, 0.5) is 15.9 Å². The van der Waals surface area contributed by atoms with E-state index in [0.29, 0.717) is 73.7 Å². The van der Waals surface area contributed by atoms with Crippen molar-refractivity contribution in [3.63, 3.8) is 0 Å². The minimum absolute atomic E-state index is 0.0892. The van der Waals surface area contributed by atoms with E-state index in [-0.39, 0.29) is 17.7 Å². The molecular formula is C26H33N7O4S. The number of urea groups is 1. The van der Waals surface area contributed by atoms with Crippen LogP contribution in [0.15, 0.2) is 24.5 Å². The lowest BCUT2D eigenvalue weighted by molar-refractivity contribution is -0.155. The summed E-state index contributed by atoms with van der Waals surface area (Å²) in [6.45, 7) is 9.08. The van der Waals surface area contributed by atoms with Crippen LogP contribution in [0.5, 0.6) is 5.75 Å². The summed E-state index contributed by atoms with van der Waals surface area (Å²) >= 11 is 1.30. The lowest BCUT2D eigenvalue weighted by Gasteiger charge is -2.38. The number of esters is 1. The molecule has 5 rings (SSSR count). The van der Waals surface area contributed by atoms with Gasteiger partial charge in [0.25, 0.3) is 0 Å². The number of piperidine rings is 1. The zero-order valence-electron chi connectivity index (χ0n) is 22.2. The monoisotopic (exact) mass is 539 g/mol. The Morgan fingerprint density at radius 1 is 1.13 bits per heavy atom. The third kappa shape index (κ3) is 4.85. The molecule has 2 saturated heterocycles. The largest absolute Gasteiger partial charge is 0.506 e. The van der Waals surface area contributed by atoms with Crippen molar-refractivity contribution in [2.24, 2.45) is 5.41 Å². The number of nitrogens with zero attached hydrogens (tertiary/aromatic N) is 7. The van der Waals surface area contributed by atoms with E-state index in [1.807, 2.05) is 38.8 Å². The van der Waals surface area contributed by atoms with E-state index < -0.39 is 5.41 Å². The van der Waals surface area contributed by atoms with Crippen LogP contribution in [0.2, 0.25) is 0 Å². The number of phenolic OH excluding ortho intramolecular Hbond substituents is 1. The maximum Gasteiger partial charge on any atom is 0.328 e. The molecule has 2 amide bonds. The van der Waals surface area contributed by atoms with Gasteiger partial charge in [-0.2, -0.15) is 0 Å². The topological polar surface area (TPSA) is 115 Å². The van der Waals surface area contributed by atoms with Crippen LogP contribution in [-0.4, -0.2) is 88.5 Å². The lowest BCUT2D eigenvalue weighted by atomic mass is 9.80. The third-order valence-electron chi connectivity index (χ3n) is 7.26. The van der Waals surface area contributed by atoms with Gasteiger partial charge in [-0.3, -0.25) is 14.6 Å². The van der Waals surface area contributed by atoms with Gasteiger partial charge in [0.05, 0.1) is 35.6 Å². The van der Waals surface area contributed by atoms with Gasteiger partial charge < -0.3 is 19.6 Å². The second-order valence-corrected chi connectivity index (χ2v) is 11.1. The first-order valence-electron chi connectivity index (χ1n) is 12.9. The van der Waals surface area contributed by atoms with Crippen molar-refractivity contribution in [2.75, 3.05) is 56.4 Å². The number of hydrogen-bond acceptors (Lipinski definition) is 10. The molecule has 0 saturated carbocycles. The fourth-order valence-electron chi connectivity index (χ4n) is 4.88. The van der Waals surface area contributed by atoms with Gasteiger partial charge in [0.1, 0.15) is 5.75 Å². The van der Waals surface area contributed by atoms with E-state index in [4.69, 9.17) is 9.72 Å². The van der Waals surface area contributed by atoms with Crippen LogP contribution in [0.25, 0.3) is 21.3 Å². The fraction of sp³-hybridized carbons (Fsp3) is 0.500. The zero-order valence-corrected chi connectivity index (χ0v) is 23.0. The Kier molecular flexibility index (Phi) is 7.10. The molecule has 2 fully saturated rings. The minimum atomic E-state index is -0.477. The number of fused-ring (bicyclic) bond motifs is 1. The highest BCUT2D eigenvalue weighted by Crippen LogP contribution is 2.39. The standard InChI is InChI=1S/C26H33N7O4S/c1-5-31-15-30(4)16-33(25(31)36)24-29-19-11-17(12-20(34)21(19)38-24)18-13-27-23(28-14-18)32-9-7-26(3,8-10-32)22(35)37-6-2/h11-14,34H,5-10,15-16H2,1-4H3. The molecule has 1 N–H and O–H groups in total. The summed E-state index contributed by atoms with van der Waals surface area (Å²) in [5, 5.41) is 11.3. The molecule has 0 atom stereocenters. The molecule has 38 heavy (non-hydrogen) atoms. The molecule has 0 bridgehead atoms. The number of amides is 2. The average molecular weight is 540 g/mol. The van der Waals surface area contributed by atoms with Crippen molar-refractivity contribution in [1.82, 2.24) is 24.8 Å². The molecule has 11 nitrogen and oxygen atoms in total. The van der Waals surface area contributed by atoms with Gasteiger partial charge in [0, 0.05) is 37.6 Å². The lowest BCUT2D eigenvalue weighted by Crippen LogP contribution is -2.56. The van der Waals surface area contributed by atoms with Gasteiger partial charge in [0.15, 0.2) is 5.13 Å². The SMILES string of the molecule is CCOC(=O)C1(C)CCN(c2ncc(-c3cc(O)c4sc(N5CN(C)CN(CC)C5=O)nc4c3)cn2)CC1. The first kappa shape index (κ1) is 26.1. The Bertz CT molecular complexity index is 1340. The number of ether oxygens (including phenoxy) is 1. The van der Waals surface area contributed by atoms with Gasteiger partial charge in [-0.1, -0.05) is 11.3 Å². The minimum Gasteiger partial charge on any atom is -0.506 e. The molecule has 0 unspecified atom stereocenters. The van der Waals surface area contributed by atoms with Crippen LogP contribution in [0, 0.1) is 5.41 Å². The second-order valence-electron chi connectivity index (χ2n) is 10.1. The molecule has 2 aliphatic heterocycles. The van der Waals surface area contributed by atoms with Gasteiger partial charge >= 0.3 is 12.0 Å². The zero-order chi connectivity index (χ0) is 27.0. The third-order valence-corrected chi connectivity index (χ3v) is 8.37. The summed E-state index contributed by atoms with van der Waals surface area (Å²) in [6.07, 6.45) is 4.83. The van der Waals surface area contributed by atoms with E-state index in [1.54, 1.807) is 28.3 Å². The van der Waals surface area contributed by atoms with Crippen LogP contribution >= 0.6 is 11.3 Å². The summed E-state index contributed by atoms with van der Waals surface area (Å²) in [5.41, 5.74) is 1.63. The van der Waals surface area contributed by atoms with Crippen molar-refractivity contribution < 1.29 is 19.4 Å². The number of benzene rings is 1. The van der Waals surface area contributed by atoms with Gasteiger partial charge in [0.2, 0.25) is 5.95 Å². The van der Waals surface area contributed by atoms with E-state index in [0.717, 1.165) is 11.1 Å². The van der Waals surface area contributed by atoms with Crippen molar-refractivity contribution in [2.45, 2.75) is 33.6 Å². The maximum absolute atomic E-state index is 12.9. The highest BCUT2D eigenvalue weighted by Gasteiger charge is 2.38. The highest BCUT2D eigenvalue weighted by atomic mass is 32.1. The van der Waals surface area contributed by atoms with Crippen LogP contribution < -0.4 is 9.80 Å². The number of thiazole rings is 1.